The van der Waals surface area contributed by atoms with Crippen molar-refractivity contribution >= 4 is 11.8 Å². The van der Waals surface area contributed by atoms with Gasteiger partial charge in [0.2, 0.25) is 0 Å². The first-order chi connectivity index (χ1) is 11.7. The van der Waals surface area contributed by atoms with Crippen LogP contribution >= 0.6 is 11.8 Å². The van der Waals surface area contributed by atoms with Crippen LogP contribution in [0, 0.1) is 0 Å². The molecule has 0 spiro atoms. The minimum Gasteiger partial charge on any atom is -0.392 e. The van der Waals surface area contributed by atoms with Gasteiger partial charge in [-0.05, 0) is 24.0 Å². The molecular formula is C19H21N3OS. The first kappa shape index (κ1) is 16.7. The maximum absolute atomic E-state index is 10.2. The molecule has 4 nitrogen and oxygen atoms in total. The predicted octanol–water partition coefficient (Wildman–Crippen LogP) is 3.73. The van der Waals surface area contributed by atoms with Gasteiger partial charge in [-0.15, -0.1) is 10.2 Å². The summed E-state index contributed by atoms with van der Waals surface area (Å²) in [4.78, 5) is 3.22. The number of aliphatic hydroxyl groups excluding tert-OH is 1. The maximum atomic E-state index is 10.2. The number of aromatic nitrogens is 3. The number of aryl methyl sites for hydroxylation is 1. The highest BCUT2D eigenvalue weighted by Crippen LogP contribution is 2.21. The van der Waals surface area contributed by atoms with Crippen LogP contribution < -0.4 is 0 Å². The fourth-order valence-corrected chi connectivity index (χ4v) is 3.20. The third-order valence-electron chi connectivity index (χ3n) is 3.83. The first-order valence-corrected chi connectivity index (χ1v) is 9.10. The van der Waals surface area contributed by atoms with Gasteiger partial charge in [-0.2, -0.15) is 0 Å². The smallest absolute Gasteiger partial charge is 0.188 e. The molecule has 0 fully saturated rings. The number of hydrogen-bond donors (Lipinski definition) is 2. The van der Waals surface area contributed by atoms with Crippen LogP contribution in [0.3, 0.4) is 0 Å². The van der Waals surface area contributed by atoms with Crippen LogP contribution in [0.5, 0.6) is 0 Å². The van der Waals surface area contributed by atoms with Crippen molar-refractivity contribution in [2.75, 3.05) is 5.75 Å². The van der Waals surface area contributed by atoms with E-state index in [0.29, 0.717) is 12.2 Å². The summed E-state index contributed by atoms with van der Waals surface area (Å²) in [6.07, 6.45) is 1.26. The highest BCUT2D eigenvalue weighted by Gasteiger charge is 2.10. The minimum absolute atomic E-state index is 0.408. The first-order valence-electron chi connectivity index (χ1n) is 8.11. The van der Waals surface area contributed by atoms with Gasteiger partial charge in [-0.3, -0.25) is 0 Å². The number of H-pyrrole nitrogens is 1. The van der Waals surface area contributed by atoms with E-state index in [1.54, 1.807) is 0 Å². The number of nitrogens with zero attached hydrogens (tertiary/aromatic N) is 2. The Morgan fingerprint density at radius 3 is 2.46 bits per heavy atom. The fraction of sp³-hybridized carbons (Fsp3) is 0.263. The number of aromatic amines is 1. The second-order valence-electron chi connectivity index (χ2n) is 5.68. The van der Waals surface area contributed by atoms with Crippen molar-refractivity contribution in [2.24, 2.45) is 0 Å². The van der Waals surface area contributed by atoms with Crippen LogP contribution in [-0.2, 0) is 12.8 Å². The van der Waals surface area contributed by atoms with E-state index in [-0.39, 0.29) is 0 Å². The molecule has 2 N–H and O–H groups in total. The number of thioether (sulfide) groups is 1. The molecule has 1 unspecified atom stereocenters. The molecule has 0 radical (unpaired) electrons. The summed E-state index contributed by atoms with van der Waals surface area (Å²) < 4.78 is 0. The lowest BCUT2D eigenvalue weighted by Gasteiger charge is -2.08. The van der Waals surface area contributed by atoms with Gasteiger partial charge >= 0.3 is 0 Å². The Kier molecular flexibility index (Phi) is 5.67. The molecule has 5 heteroatoms. The van der Waals surface area contributed by atoms with Crippen molar-refractivity contribution in [3.63, 3.8) is 0 Å². The molecule has 3 aromatic rings. The molecule has 24 heavy (non-hydrogen) atoms. The molecule has 1 atom stereocenters. The number of hydrogen-bond acceptors (Lipinski definition) is 4. The van der Waals surface area contributed by atoms with Crippen LogP contribution in [0.25, 0.3) is 11.4 Å². The molecule has 1 aromatic heterocycles. The molecule has 124 valence electrons. The third-order valence-corrected chi connectivity index (χ3v) is 4.84. The third kappa shape index (κ3) is 4.46. The van der Waals surface area contributed by atoms with E-state index in [4.69, 9.17) is 0 Å². The molecule has 0 saturated heterocycles. The molecule has 0 aliphatic carbocycles. The summed E-state index contributed by atoms with van der Waals surface area (Å²) in [5.41, 5.74) is 3.47. The Bertz CT molecular complexity index is 756. The summed E-state index contributed by atoms with van der Waals surface area (Å²) in [6.45, 7) is 2.14. The van der Waals surface area contributed by atoms with Crippen molar-refractivity contribution < 1.29 is 5.11 Å². The Balaban J connectivity index is 1.55. The van der Waals surface area contributed by atoms with Gasteiger partial charge in [0.05, 0.1) is 6.10 Å². The van der Waals surface area contributed by atoms with Crippen molar-refractivity contribution in [2.45, 2.75) is 31.0 Å². The van der Waals surface area contributed by atoms with Crippen LogP contribution in [0.2, 0.25) is 0 Å². The Morgan fingerprint density at radius 2 is 1.75 bits per heavy atom. The Morgan fingerprint density at radius 1 is 1.00 bits per heavy atom. The molecule has 2 aromatic carbocycles. The van der Waals surface area contributed by atoms with E-state index in [1.165, 1.54) is 17.3 Å². The van der Waals surface area contributed by atoms with E-state index < -0.39 is 6.10 Å². The van der Waals surface area contributed by atoms with Crippen molar-refractivity contribution in [3.8, 4) is 11.4 Å². The average molecular weight is 339 g/mol. The van der Waals surface area contributed by atoms with Gasteiger partial charge in [-0.25, -0.2) is 0 Å². The normalized spacial score (nSPS) is 12.2. The number of rotatable bonds is 7. The maximum Gasteiger partial charge on any atom is 0.188 e. The average Bonchev–Trinajstić information content (AvgIpc) is 3.10. The van der Waals surface area contributed by atoms with Gasteiger partial charge in [-0.1, -0.05) is 73.3 Å². The molecule has 1 heterocycles. The predicted molar refractivity (Wildman–Crippen MR) is 98.1 cm³/mol. The fourth-order valence-electron chi connectivity index (χ4n) is 2.46. The van der Waals surface area contributed by atoms with Gasteiger partial charge in [0.15, 0.2) is 11.0 Å². The summed E-state index contributed by atoms with van der Waals surface area (Å²) in [7, 11) is 0. The van der Waals surface area contributed by atoms with Crippen LogP contribution in [0.4, 0.5) is 0 Å². The SMILES string of the molecule is CCc1ccc(-c2nnc(SCC(O)Cc3ccccc3)[nH]2)cc1. The highest BCUT2D eigenvalue weighted by atomic mass is 32.2. The van der Waals surface area contributed by atoms with E-state index in [2.05, 4.69) is 46.4 Å². The molecule has 0 amide bonds. The lowest BCUT2D eigenvalue weighted by atomic mass is 10.1. The monoisotopic (exact) mass is 339 g/mol. The van der Waals surface area contributed by atoms with Crippen molar-refractivity contribution in [1.29, 1.82) is 0 Å². The lowest BCUT2D eigenvalue weighted by Crippen LogP contribution is -2.13. The molecule has 3 rings (SSSR count). The van der Waals surface area contributed by atoms with Crippen molar-refractivity contribution in [1.82, 2.24) is 15.2 Å². The van der Waals surface area contributed by atoms with Gasteiger partial charge < -0.3 is 10.1 Å². The zero-order valence-corrected chi connectivity index (χ0v) is 14.5. The molecule has 0 saturated carbocycles. The van der Waals surface area contributed by atoms with Crippen molar-refractivity contribution in [3.05, 3.63) is 65.7 Å². The highest BCUT2D eigenvalue weighted by molar-refractivity contribution is 7.99. The number of aliphatic hydroxyl groups is 1. The lowest BCUT2D eigenvalue weighted by molar-refractivity contribution is 0.200. The second-order valence-corrected chi connectivity index (χ2v) is 6.69. The summed E-state index contributed by atoms with van der Waals surface area (Å²) in [6, 6.07) is 18.3. The molecule has 0 bridgehead atoms. The Hall–Kier alpha value is -2.11. The van der Waals surface area contributed by atoms with E-state index in [0.717, 1.165) is 28.5 Å². The van der Waals surface area contributed by atoms with E-state index >= 15 is 0 Å². The van der Waals surface area contributed by atoms with E-state index in [9.17, 15) is 5.11 Å². The largest absolute Gasteiger partial charge is 0.392 e. The van der Waals surface area contributed by atoms with Crippen LogP contribution in [-0.4, -0.2) is 32.1 Å². The zero-order chi connectivity index (χ0) is 16.8. The minimum atomic E-state index is -0.408. The van der Waals surface area contributed by atoms with Gasteiger partial charge in [0.25, 0.3) is 0 Å². The van der Waals surface area contributed by atoms with Crippen LogP contribution in [0.15, 0.2) is 59.8 Å². The summed E-state index contributed by atoms with van der Waals surface area (Å²) >= 11 is 1.49. The topological polar surface area (TPSA) is 61.8 Å². The molecule has 0 aliphatic heterocycles. The van der Waals surface area contributed by atoms with Gasteiger partial charge in [0.1, 0.15) is 0 Å². The number of benzene rings is 2. The van der Waals surface area contributed by atoms with E-state index in [1.807, 2.05) is 30.3 Å². The Labute approximate surface area is 146 Å². The standard InChI is InChI=1S/C19H21N3OS/c1-2-14-8-10-16(11-9-14)18-20-19(22-21-18)24-13-17(23)12-15-6-4-3-5-7-15/h3-11,17,23H,2,12-13H2,1H3,(H,20,21,22). The quantitative estimate of drug-likeness (QED) is 0.644. The van der Waals surface area contributed by atoms with Crippen LogP contribution in [0.1, 0.15) is 18.1 Å². The summed E-state index contributed by atoms with van der Waals surface area (Å²) in [5.74, 6) is 1.34. The second kappa shape index (κ2) is 8.13. The zero-order valence-electron chi connectivity index (χ0n) is 13.6. The van der Waals surface area contributed by atoms with Gasteiger partial charge in [0, 0.05) is 11.3 Å². The number of nitrogens with one attached hydrogen (secondary N) is 1. The molecular weight excluding hydrogens is 318 g/mol. The molecule has 0 aliphatic rings. The summed E-state index contributed by atoms with van der Waals surface area (Å²) in [5, 5.41) is 19.3.